The summed E-state index contributed by atoms with van der Waals surface area (Å²) in [5, 5.41) is 3.81. The largest absolute Gasteiger partial charge is 0.313 e. The van der Waals surface area contributed by atoms with Gasteiger partial charge >= 0.3 is 0 Å². The van der Waals surface area contributed by atoms with Crippen LogP contribution in [0.2, 0.25) is 0 Å². The Morgan fingerprint density at radius 1 is 1.24 bits per heavy atom. The van der Waals surface area contributed by atoms with Gasteiger partial charge in [-0.1, -0.05) is 19.1 Å². The van der Waals surface area contributed by atoms with Crippen LogP contribution < -0.4 is 10.0 Å². The lowest BCUT2D eigenvalue weighted by Crippen LogP contribution is -2.33. The number of benzene rings is 1. The van der Waals surface area contributed by atoms with Gasteiger partial charge in [-0.3, -0.25) is 0 Å². The predicted molar refractivity (Wildman–Crippen MR) is 89.1 cm³/mol. The second kappa shape index (κ2) is 7.63. The van der Waals surface area contributed by atoms with Crippen LogP contribution in [-0.4, -0.2) is 32.5 Å². The molecular weight excluding hydrogens is 304 g/mol. The highest BCUT2D eigenvalue weighted by atomic mass is 32.2. The number of hydrogen-bond acceptors (Lipinski definition) is 4. The van der Waals surface area contributed by atoms with Crippen molar-refractivity contribution in [3.05, 3.63) is 29.8 Å². The summed E-state index contributed by atoms with van der Waals surface area (Å²) in [5.74, 6) is 0. The molecule has 1 aromatic carbocycles. The minimum absolute atomic E-state index is 0.0777. The Labute approximate surface area is 132 Å². The third-order valence-electron chi connectivity index (χ3n) is 3.85. The molecule has 2 unspecified atom stereocenters. The molecule has 6 heteroatoms. The summed E-state index contributed by atoms with van der Waals surface area (Å²) in [7, 11) is -3.39. The van der Waals surface area contributed by atoms with Crippen LogP contribution in [0, 0.1) is 0 Å². The molecule has 1 aliphatic rings. The van der Waals surface area contributed by atoms with Crippen LogP contribution in [-0.2, 0) is 16.6 Å². The number of hydrogen-bond donors (Lipinski definition) is 2. The van der Waals surface area contributed by atoms with Gasteiger partial charge in [0.1, 0.15) is 0 Å². The molecule has 0 saturated heterocycles. The highest BCUT2D eigenvalue weighted by molar-refractivity contribution is 7.99. The van der Waals surface area contributed by atoms with Crippen molar-refractivity contribution in [3.8, 4) is 0 Å². The fourth-order valence-electron chi connectivity index (χ4n) is 2.60. The van der Waals surface area contributed by atoms with Crippen molar-refractivity contribution < 1.29 is 8.42 Å². The van der Waals surface area contributed by atoms with E-state index in [1.165, 1.54) is 0 Å². The first kappa shape index (κ1) is 16.8. The summed E-state index contributed by atoms with van der Waals surface area (Å²) in [4.78, 5) is 0.357. The number of rotatable bonds is 7. The summed E-state index contributed by atoms with van der Waals surface area (Å²) in [6, 6.07) is 7.20. The minimum Gasteiger partial charge on any atom is -0.313 e. The Hall–Kier alpha value is -0.560. The molecule has 0 spiro atoms. The van der Waals surface area contributed by atoms with E-state index < -0.39 is 10.0 Å². The average Bonchev–Trinajstić information content (AvgIpc) is 2.92. The summed E-state index contributed by atoms with van der Waals surface area (Å²) in [6.45, 7) is 3.72. The zero-order chi connectivity index (χ0) is 15.3. The monoisotopic (exact) mass is 328 g/mol. The smallest absolute Gasteiger partial charge is 0.240 e. The van der Waals surface area contributed by atoms with Gasteiger partial charge in [-0.05, 0) is 49.8 Å². The Kier molecular flexibility index (Phi) is 6.10. The van der Waals surface area contributed by atoms with E-state index in [-0.39, 0.29) is 6.04 Å². The lowest BCUT2D eigenvalue weighted by molar-refractivity contribution is 0.552. The molecule has 2 atom stereocenters. The second-order valence-electron chi connectivity index (χ2n) is 5.41. The van der Waals surface area contributed by atoms with E-state index >= 15 is 0 Å². The number of thioether (sulfide) groups is 1. The SMILES string of the molecule is CCNCc1ccc(S(=O)(=O)NC2CCC(SC)C2)cc1. The van der Waals surface area contributed by atoms with Crippen LogP contribution >= 0.6 is 11.8 Å². The molecule has 118 valence electrons. The summed E-state index contributed by atoms with van der Waals surface area (Å²) in [6.07, 6.45) is 5.04. The van der Waals surface area contributed by atoms with Crippen LogP contribution in [0.1, 0.15) is 31.7 Å². The highest BCUT2D eigenvalue weighted by Crippen LogP contribution is 2.29. The van der Waals surface area contributed by atoms with Crippen molar-refractivity contribution in [2.45, 2.75) is 48.9 Å². The van der Waals surface area contributed by atoms with Gasteiger partial charge in [0, 0.05) is 17.8 Å². The molecule has 0 bridgehead atoms. The first-order valence-corrected chi connectivity index (χ1v) is 10.2. The predicted octanol–water partition coefficient (Wildman–Crippen LogP) is 2.36. The molecule has 1 aromatic rings. The third kappa shape index (κ3) is 4.71. The molecule has 1 fully saturated rings. The molecule has 1 aliphatic carbocycles. The number of nitrogens with one attached hydrogen (secondary N) is 2. The van der Waals surface area contributed by atoms with Crippen LogP contribution in [0.5, 0.6) is 0 Å². The van der Waals surface area contributed by atoms with Gasteiger partial charge in [0.25, 0.3) is 0 Å². The highest BCUT2D eigenvalue weighted by Gasteiger charge is 2.28. The van der Waals surface area contributed by atoms with Gasteiger partial charge in [-0.15, -0.1) is 0 Å². The molecule has 0 amide bonds. The molecule has 0 radical (unpaired) electrons. The maximum atomic E-state index is 12.4. The van der Waals surface area contributed by atoms with Crippen molar-refractivity contribution in [3.63, 3.8) is 0 Å². The molecule has 4 nitrogen and oxygen atoms in total. The first-order chi connectivity index (χ1) is 10.0. The lowest BCUT2D eigenvalue weighted by Gasteiger charge is -2.13. The van der Waals surface area contributed by atoms with Crippen molar-refractivity contribution in [2.75, 3.05) is 12.8 Å². The van der Waals surface area contributed by atoms with E-state index in [4.69, 9.17) is 0 Å². The van der Waals surface area contributed by atoms with Crippen molar-refractivity contribution in [2.24, 2.45) is 0 Å². The summed E-state index contributed by atoms with van der Waals surface area (Å²) < 4.78 is 27.6. The van der Waals surface area contributed by atoms with Gasteiger partial charge in [-0.2, -0.15) is 11.8 Å². The van der Waals surface area contributed by atoms with Gasteiger partial charge in [0.15, 0.2) is 0 Å². The quantitative estimate of drug-likeness (QED) is 0.807. The van der Waals surface area contributed by atoms with Gasteiger partial charge in [0.05, 0.1) is 4.90 Å². The van der Waals surface area contributed by atoms with Crippen LogP contribution in [0.4, 0.5) is 0 Å². The van der Waals surface area contributed by atoms with Gasteiger partial charge in [0.2, 0.25) is 10.0 Å². The van der Waals surface area contributed by atoms with Crippen molar-refractivity contribution in [1.29, 1.82) is 0 Å². The minimum atomic E-state index is -3.39. The van der Waals surface area contributed by atoms with Crippen molar-refractivity contribution >= 4 is 21.8 Å². The summed E-state index contributed by atoms with van der Waals surface area (Å²) >= 11 is 1.83. The lowest BCUT2D eigenvalue weighted by atomic mass is 10.2. The normalized spacial score (nSPS) is 22.6. The molecule has 21 heavy (non-hydrogen) atoms. The molecule has 2 rings (SSSR count). The Bertz CT molecular complexity index is 543. The molecule has 0 aliphatic heterocycles. The Morgan fingerprint density at radius 3 is 2.52 bits per heavy atom. The zero-order valence-corrected chi connectivity index (χ0v) is 14.3. The van der Waals surface area contributed by atoms with E-state index in [2.05, 4.69) is 16.3 Å². The van der Waals surface area contributed by atoms with Crippen molar-refractivity contribution in [1.82, 2.24) is 10.0 Å². The second-order valence-corrected chi connectivity index (χ2v) is 8.27. The van der Waals surface area contributed by atoms with E-state index in [1.54, 1.807) is 12.1 Å². The fourth-order valence-corrected chi connectivity index (χ4v) is 4.68. The van der Waals surface area contributed by atoms with Crippen LogP contribution in [0.3, 0.4) is 0 Å². The standard InChI is InChI=1S/C15H24N2O2S2/c1-3-16-11-12-4-8-15(9-5-12)21(18,19)17-13-6-7-14(10-13)20-2/h4-5,8-9,13-14,16-17H,3,6-7,10-11H2,1-2H3. The third-order valence-corrected chi connectivity index (χ3v) is 6.48. The molecule has 1 saturated carbocycles. The fraction of sp³-hybridized carbons (Fsp3) is 0.600. The maximum Gasteiger partial charge on any atom is 0.240 e. The maximum absolute atomic E-state index is 12.4. The van der Waals surface area contributed by atoms with Gasteiger partial charge < -0.3 is 5.32 Å². The molecule has 0 heterocycles. The van der Waals surface area contributed by atoms with E-state index in [9.17, 15) is 8.42 Å². The Balaban J connectivity index is 1.99. The topological polar surface area (TPSA) is 58.2 Å². The summed E-state index contributed by atoms with van der Waals surface area (Å²) in [5.41, 5.74) is 1.10. The van der Waals surface area contributed by atoms with E-state index in [0.717, 1.165) is 37.9 Å². The van der Waals surface area contributed by atoms with E-state index in [0.29, 0.717) is 10.1 Å². The Morgan fingerprint density at radius 2 is 1.95 bits per heavy atom. The van der Waals surface area contributed by atoms with Gasteiger partial charge in [-0.25, -0.2) is 13.1 Å². The zero-order valence-electron chi connectivity index (χ0n) is 12.6. The number of sulfonamides is 1. The average molecular weight is 329 g/mol. The molecule has 2 N–H and O–H groups in total. The van der Waals surface area contributed by atoms with Crippen LogP contribution in [0.15, 0.2) is 29.2 Å². The molecular formula is C15H24N2O2S2. The van der Waals surface area contributed by atoms with E-state index in [1.807, 2.05) is 30.8 Å². The van der Waals surface area contributed by atoms with Crippen LogP contribution in [0.25, 0.3) is 0 Å². The first-order valence-electron chi connectivity index (χ1n) is 7.40. The molecule has 0 aromatic heterocycles.